The van der Waals surface area contributed by atoms with Gasteiger partial charge in [0.05, 0.1) is 5.41 Å². The summed E-state index contributed by atoms with van der Waals surface area (Å²) < 4.78 is 5.20. The number of hydrogen-bond acceptors (Lipinski definition) is 3. The number of carbonyl (C=O) groups is 2. The SMILES string of the molecule is CCCCCCCCC(C)(C(=O)O)c1ccccc1OC(C)=O. The predicted molar refractivity (Wildman–Crippen MR) is 90.7 cm³/mol. The van der Waals surface area contributed by atoms with Crippen LogP contribution in [0.5, 0.6) is 5.75 Å². The van der Waals surface area contributed by atoms with Gasteiger partial charge in [-0.05, 0) is 19.4 Å². The minimum Gasteiger partial charge on any atom is -0.481 e. The summed E-state index contributed by atoms with van der Waals surface area (Å²) in [5.74, 6) is -0.980. The van der Waals surface area contributed by atoms with Crippen molar-refractivity contribution in [2.75, 3.05) is 0 Å². The van der Waals surface area contributed by atoms with Gasteiger partial charge in [-0.25, -0.2) is 0 Å². The lowest BCUT2D eigenvalue weighted by Crippen LogP contribution is -2.33. The molecule has 0 radical (unpaired) electrons. The van der Waals surface area contributed by atoms with Gasteiger partial charge in [-0.1, -0.05) is 63.6 Å². The number of carboxylic acid groups (broad SMARTS) is 1. The molecule has 1 rings (SSSR count). The maximum atomic E-state index is 11.9. The largest absolute Gasteiger partial charge is 0.481 e. The molecule has 0 spiro atoms. The maximum Gasteiger partial charge on any atom is 0.313 e. The molecule has 0 heterocycles. The molecule has 23 heavy (non-hydrogen) atoms. The van der Waals surface area contributed by atoms with Gasteiger partial charge in [0, 0.05) is 12.5 Å². The number of carbonyl (C=O) groups excluding carboxylic acids is 1. The number of para-hydroxylation sites is 1. The van der Waals surface area contributed by atoms with Crippen LogP contribution in [0.25, 0.3) is 0 Å². The van der Waals surface area contributed by atoms with Crippen molar-refractivity contribution in [3.8, 4) is 5.75 Å². The lowest BCUT2D eigenvalue weighted by atomic mass is 9.77. The van der Waals surface area contributed by atoms with Crippen LogP contribution >= 0.6 is 0 Å². The van der Waals surface area contributed by atoms with Crippen molar-refractivity contribution in [3.05, 3.63) is 29.8 Å². The number of carboxylic acids is 1. The van der Waals surface area contributed by atoms with Crippen LogP contribution in [-0.4, -0.2) is 17.0 Å². The van der Waals surface area contributed by atoms with Gasteiger partial charge in [-0.2, -0.15) is 0 Å². The summed E-state index contributed by atoms with van der Waals surface area (Å²) in [6.07, 6.45) is 7.17. The highest BCUT2D eigenvalue weighted by molar-refractivity contribution is 5.82. The molecule has 1 aromatic rings. The minimum absolute atomic E-state index is 0.343. The molecule has 0 aliphatic rings. The van der Waals surface area contributed by atoms with E-state index in [0.717, 1.165) is 19.3 Å². The highest BCUT2D eigenvalue weighted by Crippen LogP contribution is 2.36. The molecule has 1 N–H and O–H groups in total. The number of aliphatic carboxylic acids is 1. The minimum atomic E-state index is -1.04. The van der Waals surface area contributed by atoms with Gasteiger partial charge in [-0.15, -0.1) is 0 Å². The first kappa shape index (κ1) is 19.2. The van der Waals surface area contributed by atoms with Crippen LogP contribution < -0.4 is 4.74 Å². The molecule has 0 aliphatic heterocycles. The third-order valence-electron chi connectivity index (χ3n) is 4.24. The second kappa shape index (κ2) is 9.33. The molecule has 1 unspecified atom stereocenters. The number of hydrogen-bond donors (Lipinski definition) is 1. The van der Waals surface area contributed by atoms with Gasteiger partial charge in [0.15, 0.2) is 0 Å². The van der Waals surface area contributed by atoms with Gasteiger partial charge in [-0.3, -0.25) is 9.59 Å². The number of ether oxygens (including phenoxy) is 1. The second-order valence-corrected chi connectivity index (χ2v) is 6.24. The Labute approximate surface area is 138 Å². The fourth-order valence-electron chi connectivity index (χ4n) is 2.78. The molecule has 4 heteroatoms. The monoisotopic (exact) mass is 320 g/mol. The zero-order valence-corrected chi connectivity index (χ0v) is 14.4. The van der Waals surface area contributed by atoms with Crippen molar-refractivity contribution in [1.82, 2.24) is 0 Å². The van der Waals surface area contributed by atoms with Crippen LogP contribution in [0.4, 0.5) is 0 Å². The highest BCUT2D eigenvalue weighted by atomic mass is 16.5. The maximum absolute atomic E-state index is 11.9. The summed E-state index contributed by atoms with van der Waals surface area (Å²) in [6, 6.07) is 6.92. The van der Waals surface area contributed by atoms with Crippen LogP contribution in [0.15, 0.2) is 24.3 Å². The van der Waals surface area contributed by atoms with Crippen LogP contribution in [-0.2, 0) is 15.0 Å². The normalized spacial score (nSPS) is 13.3. The average molecular weight is 320 g/mol. The lowest BCUT2D eigenvalue weighted by molar-refractivity contribution is -0.144. The second-order valence-electron chi connectivity index (χ2n) is 6.24. The first-order valence-corrected chi connectivity index (χ1v) is 8.43. The molecular formula is C19H28O4. The summed E-state index contributed by atoms with van der Waals surface area (Å²) in [7, 11) is 0. The van der Waals surface area contributed by atoms with Gasteiger partial charge >= 0.3 is 11.9 Å². The Hall–Kier alpha value is -1.84. The van der Waals surface area contributed by atoms with Crippen molar-refractivity contribution in [2.24, 2.45) is 0 Å². The molecule has 0 amide bonds. The van der Waals surface area contributed by atoms with Crippen LogP contribution in [0, 0.1) is 0 Å². The predicted octanol–water partition coefficient (Wildman–Crippen LogP) is 4.70. The Bertz CT molecular complexity index is 524. The number of unbranched alkanes of at least 4 members (excludes halogenated alkanes) is 5. The lowest BCUT2D eigenvalue weighted by Gasteiger charge is -2.27. The smallest absolute Gasteiger partial charge is 0.313 e. The van der Waals surface area contributed by atoms with E-state index >= 15 is 0 Å². The van der Waals surface area contributed by atoms with E-state index in [9.17, 15) is 14.7 Å². The Morgan fingerprint density at radius 1 is 1.09 bits per heavy atom. The highest BCUT2D eigenvalue weighted by Gasteiger charge is 2.37. The summed E-state index contributed by atoms with van der Waals surface area (Å²) in [6.45, 7) is 5.21. The molecule has 1 aromatic carbocycles. The molecule has 0 saturated carbocycles. The molecule has 128 valence electrons. The molecule has 0 aliphatic carbocycles. The average Bonchev–Trinajstić information content (AvgIpc) is 2.50. The molecule has 4 nitrogen and oxygen atoms in total. The van der Waals surface area contributed by atoms with E-state index in [1.807, 2.05) is 0 Å². The zero-order valence-electron chi connectivity index (χ0n) is 14.4. The molecule has 1 atom stereocenters. The van der Waals surface area contributed by atoms with Gasteiger partial charge in [0.2, 0.25) is 0 Å². The van der Waals surface area contributed by atoms with E-state index in [1.165, 1.54) is 26.2 Å². The van der Waals surface area contributed by atoms with Crippen molar-refractivity contribution in [1.29, 1.82) is 0 Å². The van der Waals surface area contributed by atoms with E-state index in [2.05, 4.69) is 6.92 Å². The topological polar surface area (TPSA) is 63.6 Å². The summed E-state index contributed by atoms with van der Waals surface area (Å²) >= 11 is 0. The Kier molecular flexibility index (Phi) is 7.79. The van der Waals surface area contributed by atoms with Crippen molar-refractivity contribution in [3.63, 3.8) is 0 Å². The number of rotatable bonds is 10. The van der Waals surface area contributed by atoms with Gasteiger partial charge in [0.1, 0.15) is 5.75 Å². The molecule has 0 bridgehead atoms. The summed E-state index contributed by atoms with van der Waals surface area (Å²) in [4.78, 5) is 23.1. The number of esters is 1. The van der Waals surface area contributed by atoms with E-state index in [-0.39, 0.29) is 0 Å². The van der Waals surface area contributed by atoms with Gasteiger partial charge in [0.25, 0.3) is 0 Å². The third kappa shape index (κ3) is 5.70. The quantitative estimate of drug-likeness (QED) is 0.385. The fraction of sp³-hybridized carbons (Fsp3) is 0.579. The first-order valence-electron chi connectivity index (χ1n) is 8.43. The van der Waals surface area contributed by atoms with E-state index in [1.54, 1.807) is 31.2 Å². The van der Waals surface area contributed by atoms with Crippen LogP contribution in [0.1, 0.15) is 71.3 Å². The van der Waals surface area contributed by atoms with E-state index in [4.69, 9.17) is 4.74 Å². The summed E-state index contributed by atoms with van der Waals surface area (Å²) in [5, 5.41) is 9.74. The van der Waals surface area contributed by atoms with Crippen molar-refractivity contribution < 1.29 is 19.4 Å². The zero-order chi connectivity index (χ0) is 17.3. The Balaban J connectivity index is 2.84. The number of benzene rings is 1. The Morgan fingerprint density at radius 2 is 1.70 bits per heavy atom. The van der Waals surface area contributed by atoms with Crippen LogP contribution in [0.2, 0.25) is 0 Å². The Morgan fingerprint density at radius 3 is 2.30 bits per heavy atom. The first-order chi connectivity index (χ1) is 10.9. The standard InChI is InChI=1S/C19H28O4/c1-4-5-6-7-8-11-14-19(3,18(21)22)16-12-9-10-13-17(16)23-15(2)20/h9-10,12-13H,4-8,11,14H2,1-3H3,(H,21,22). The summed E-state index contributed by atoms with van der Waals surface area (Å²) in [5.41, 5.74) is -0.479. The van der Waals surface area contributed by atoms with Crippen molar-refractivity contribution >= 4 is 11.9 Å². The molecular weight excluding hydrogens is 292 g/mol. The van der Waals surface area contributed by atoms with Gasteiger partial charge < -0.3 is 9.84 Å². The van der Waals surface area contributed by atoms with Crippen molar-refractivity contribution in [2.45, 2.75) is 71.1 Å². The molecule has 0 saturated heterocycles. The van der Waals surface area contributed by atoms with E-state index in [0.29, 0.717) is 17.7 Å². The molecule has 0 aromatic heterocycles. The van der Waals surface area contributed by atoms with Crippen LogP contribution in [0.3, 0.4) is 0 Å². The van der Waals surface area contributed by atoms with E-state index < -0.39 is 17.4 Å². The molecule has 0 fully saturated rings. The third-order valence-corrected chi connectivity index (χ3v) is 4.24. The fourth-order valence-corrected chi connectivity index (χ4v) is 2.78.